The van der Waals surface area contributed by atoms with Crippen LogP contribution in [0.5, 0.6) is 0 Å². The number of hydrogen-bond acceptors (Lipinski definition) is 2. The first kappa shape index (κ1) is 6.55. The van der Waals surface area contributed by atoms with Gasteiger partial charge in [-0.3, -0.25) is 0 Å². The lowest BCUT2D eigenvalue weighted by molar-refractivity contribution is 0.228. The molecule has 0 fully saturated rings. The Morgan fingerprint density at radius 2 is 2.56 bits per heavy atom. The molecule has 0 saturated carbocycles. The smallest absolute Gasteiger partial charge is 0.102 e. The van der Waals surface area contributed by atoms with E-state index in [-0.39, 0.29) is 0 Å². The van der Waals surface area contributed by atoms with Gasteiger partial charge in [-0.1, -0.05) is 12.2 Å². The molecule has 0 radical (unpaired) electrons. The molecule has 1 aliphatic rings. The van der Waals surface area contributed by atoms with E-state index >= 15 is 0 Å². The molecule has 3 heteroatoms. The minimum absolute atomic E-state index is 0.467. The van der Waals surface area contributed by atoms with Gasteiger partial charge in [-0.05, 0) is 12.8 Å². The van der Waals surface area contributed by atoms with E-state index in [9.17, 15) is 0 Å². The topological polar surface area (TPSA) is 35.2 Å². The van der Waals surface area contributed by atoms with Crippen LogP contribution in [0.3, 0.4) is 0 Å². The third-order valence-corrected chi connectivity index (χ3v) is 1.51. The van der Waals surface area contributed by atoms with Gasteiger partial charge >= 0.3 is 0 Å². The van der Waals surface area contributed by atoms with Crippen molar-refractivity contribution in [3.63, 3.8) is 0 Å². The Bertz CT molecular complexity index is 153. The van der Waals surface area contributed by atoms with Crippen molar-refractivity contribution < 1.29 is 4.74 Å². The molecule has 0 bridgehead atoms. The van der Waals surface area contributed by atoms with Crippen LogP contribution in [0.1, 0.15) is 12.8 Å². The van der Waals surface area contributed by atoms with Crippen LogP contribution in [0.2, 0.25) is 0 Å². The van der Waals surface area contributed by atoms with Gasteiger partial charge in [0, 0.05) is 5.57 Å². The number of hydrogen-bond donors (Lipinski definition) is 1. The summed E-state index contributed by atoms with van der Waals surface area (Å²) in [5.74, 6) is 0. The Balaban J connectivity index is 2.57. The van der Waals surface area contributed by atoms with Crippen molar-refractivity contribution in [2.24, 2.45) is 5.73 Å². The fraction of sp³-hybridized carbons (Fsp3) is 0.500. The van der Waals surface area contributed by atoms with E-state index in [2.05, 4.69) is 0 Å². The quantitative estimate of drug-likeness (QED) is 0.555. The van der Waals surface area contributed by atoms with Crippen LogP contribution >= 0.6 is 12.2 Å². The third kappa shape index (κ3) is 1.68. The van der Waals surface area contributed by atoms with Gasteiger partial charge in [-0.15, -0.1) is 0 Å². The molecular weight excluding hydrogens is 134 g/mol. The van der Waals surface area contributed by atoms with Crippen molar-refractivity contribution in [2.75, 3.05) is 6.61 Å². The summed E-state index contributed by atoms with van der Waals surface area (Å²) >= 11 is 4.74. The Morgan fingerprint density at radius 1 is 1.78 bits per heavy atom. The van der Waals surface area contributed by atoms with E-state index < -0.39 is 0 Å². The summed E-state index contributed by atoms with van der Waals surface area (Å²) in [6.45, 7) is 0.798. The standard InChI is InChI=1S/C6H9NOS/c7-6(9)5-2-1-3-8-4-5/h4H,1-3H2,(H2,7,9). The molecule has 1 rings (SSSR count). The maximum Gasteiger partial charge on any atom is 0.102 e. The summed E-state index contributed by atoms with van der Waals surface area (Å²) in [6, 6.07) is 0. The van der Waals surface area contributed by atoms with Gasteiger partial charge < -0.3 is 10.5 Å². The minimum Gasteiger partial charge on any atom is -0.501 e. The van der Waals surface area contributed by atoms with Crippen LogP contribution in [0.15, 0.2) is 11.8 Å². The summed E-state index contributed by atoms with van der Waals surface area (Å²) in [5.41, 5.74) is 6.32. The first-order valence-corrected chi connectivity index (χ1v) is 3.32. The van der Waals surface area contributed by atoms with E-state index in [1.165, 1.54) is 0 Å². The van der Waals surface area contributed by atoms with Crippen molar-refractivity contribution in [2.45, 2.75) is 12.8 Å². The third-order valence-electron chi connectivity index (χ3n) is 1.25. The van der Waals surface area contributed by atoms with Crippen molar-refractivity contribution in [3.05, 3.63) is 11.8 Å². The maximum absolute atomic E-state index is 5.35. The first-order chi connectivity index (χ1) is 4.30. The van der Waals surface area contributed by atoms with Gasteiger partial charge in [0.15, 0.2) is 0 Å². The predicted molar refractivity (Wildman–Crippen MR) is 40.1 cm³/mol. The van der Waals surface area contributed by atoms with Crippen molar-refractivity contribution in [1.29, 1.82) is 0 Å². The summed E-state index contributed by atoms with van der Waals surface area (Å²) in [4.78, 5) is 0.467. The molecule has 1 aliphatic heterocycles. The SMILES string of the molecule is NC(=S)C1=COCCC1. The van der Waals surface area contributed by atoms with Crippen LogP contribution < -0.4 is 5.73 Å². The Hall–Kier alpha value is -0.570. The molecule has 2 N–H and O–H groups in total. The molecule has 50 valence electrons. The fourth-order valence-electron chi connectivity index (χ4n) is 0.746. The van der Waals surface area contributed by atoms with Gasteiger partial charge in [0.2, 0.25) is 0 Å². The molecule has 0 aromatic heterocycles. The Morgan fingerprint density at radius 3 is 2.89 bits per heavy atom. The highest BCUT2D eigenvalue weighted by Gasteiger charge is 2.05. The summed E-state index contributed by atoms with van der Waals surface area (Å²) in [7, 11) is 0. The second-order valence-electron chi connectivity index (χ2n) is 1.98. The van der Waals surface area contributed by atoms with Crippen LogP contribution in [-0.4, -0.2) is 11.6 Å². The summed E-state index contributed by atoms with van der Waals surface area (Å²) < 4.78 is 5.01. The summed E-state index contributed by atoms with van der Waals surface area (Å²) in [6.07, 6.45) is 3.66. The van der Waals surface area contributed by atoms with Crippen LogP contribution in [-0.2, 0) is 4.74 Å². The van der Waals surface area contributed by atoms with E-state index in [1.807, 2.05) is 0 Å². The molecular formula is C6H9NOS. The molecule has 0 atom stereocenters. The van der Waals surface area contributed by atoms with Crippen LogP contribution in [0.4, 0.5) is 0 Å². The van der Waals surface area contributed by atoms with Crippen molar-refractivity contribution in [1.82, 2.24) is 0 Å². The minimum atomic E-state index is 0.467. The van der Waals surface area contributed by atoms with Gasteiger partial charge in [0.25, 0.3) is 0 Å². The van der Waals surface area contributed by atoms with E-state index in [0.29, 0.717) is 4.99 Å². The normalized spacial score (nSPS) is 18.0. The maximum atomic E-state index is 5.35. The van der Waals surface area contributed by atoms with E-state index in [0.717, 1.165) is 25.0 Å². The highest BCUT2D eigenvalue weighted by molar-refractivity contribution is 7.80. The van der Waals surface area contributed by atoms with Crippen molar-refractivity contribution >= 4 is 17.2 Å². The monoisotopic (exact) mass is 143 g/mol. The average Bonchev–Trinajstić information content (AvgIpc) is 1.90. The second kappa shape index (κ2) is 2.82. The lowest BCUT2D eigenvalue weighted by Gasteiger charge is -2.11. The lowest BCUT2D eigenvalue weighted by Crippen LogP contribution is -2.14. The molecule has 0 unspecified atom stereocenters. The zero-order chi connectivity index (χ0) is 6.69. The molecule has 0 saturated heterocycles. The predicted octanol–water partition coefficient (Wildman–Crippen LogP) is 0.967. The largest absolute Gasteiger partial charge is 0.501 e. The van der Waals surface area contributed by atoms with Gasteiger partial charge in [-0.25, -0.2) is 0 Å². The lowest BCUT2D eigenvalue weighted by atomic mass is 10.1. The average molecular weight is 143 g/mol. The van der Waals surface area contributed by atoms with Crippen molar-refractivity contribution in [3.8, 4) is 0 Å². The Kier molecular flexibility index (Phi) is 2.05. The summed E-state index contributed by atoms with van der Waals surface area (Å²) in [5, 5.41) is 0. The molecule has 9 heavy (non-hydrogen) atoms. The van der Waals surface area contributed by atoms with Crippen LogP contribution in [0, 0.1) is 0 Å². The molecule has 2 nitrogen and oxygen atoms in total. The van der Waals surface area contributed by atoms with E-state index in [4.69, 9.17) is 22.7 Å². The number of nitrogens with two attached hydrogens (primary N) is 1. The van der Waals surface area contributed by atoms with Gasteiger partial charge in [-0.2, -0.15) is 0 Å². The molecule has 0 aliphatic carbocycles. The molecule has 0 amide bonds. The van der Waals surface area contributed by atoms with Gasteiger partial charge in [0.05, 0.1) is 12.9 Å². The van der Waals surface area contributed by atoms with Crippen LogP contribution in [0.25, 0.3) is 0 Å². The molecule has 0 spiro atoms. The molecule has 0 aromatic rings. The zero-order valence-corrected chi connectivity index (χ0v) is 5.91. The number of thiocarbonyl (C=S) groups is 1. The highest BCUT2D eigenvalue weighted by Crippen LogP contribution is 2.10. The number of ether oxygens (including phenoxy) is 1. The first-order valence-electron chi connectivity index (χ1n) is 2.91. The highest BCUT2D eigenvalue weighted by atomic mass is 32.1. The molecule has 0 aromatic carbocycles. The number of rotatable bonds is 1. The van der Waals surface area contributed by atoms with E-state index in [1.54, 1.807) is 6.26 Å². The second-order valence-corrected chi connectivity index (χ2v) is 2.42. The Labute approximate surface area is 59.7 Å². The van der Waals surface area contributed by atoms with Gasteiger partial charge in [0.1, 0.15) is 4.99 Å². The zero-order valence-electron chi connectivity index (χ0n) is 5.09. The molecule has 1 heterocycles. The fourth-order valence-corrected chi connectivity index (χ4v) is 0.896.